The summed E-state index contributed by atoms with van der Waals surface area (Å²) in [6, 6.07) is 6.54. The summed E-state index contributed by atoms with van der Waals surface area (Å²) in [5.74, 6) is 0.673. The zero-order chi connectivity index (χ0) is 12.3. The van der Waals surface area contributed by atoms with Crippen molar-refractivity contribution in [2.75, 3.05) is 0 Å². The summed E-state index contributed by atoms with van der Waals surface area (Å²) in [5, 5.41) is 0. The van der Waals surface area contributed by atoms with Crippen molar-refractivity contribution in [2.45, 2.75) is 51.4 Å². The fraction of sp³-hybridized carbons (Fsp3) is 0.533. The predicted molar refractivity (Wildman–Crippen MR) is 77.5 cm³/mol. The molecule has 0 saturated heterocycles. The van der Waals surface area contributed by atoms with Crippen molar-refractivity contribution in [3.63, 3.8) is 0 Å². The van der Waals surface area contributed by atoms with Gasteiger partial charge in [-0.2, -0.15) is 0 Å². The first-order chi connectivity index (χ1) is 8.24. The molecule has 0 amide bonds. The van der Waals surface area contributed by atoms with Gasteiger partial charge in [-0.1, -0.05) is 56.6 Å². The Morgan fingerprint density at radius 1 is 1.29 bits per heavy atom. The molecule has 0 unspecified atom stereocenters. The number of hydrogen-bond acceptors (Lipinski definition) is 1. The topological polar surface area (TPSA) is 26.0 Å². The molecule has 1 aromatic rings. The normalized spacial score (nSPS) is 17.0. The highest BCUT2D eigenvalue weighted by Crippen LogP contribution is 2.35. The summed E-state index contributed by atoms with van der Waals surface area (Å²) in [6.45, 7) is 2.17. The van der Waals surface area contributed by atoms with Crippen LogP contribution in [-0.2, 0) is 6.42 Å². The maximum Gasteiger partial charge on any atom is 0.104 e. The number of hydrogen-bond donors (Lipinski definition) is 1. The van der Waals surface area contributed by atoms with Crippen LogP contribution in [0, 0.1) is 0 Å². The molecule has 1 fully saturated rings. The van der Waals surface area contributed by atoms with Gasteiger partial charge in [0.15, 0.2) is 0 Å². The molecule has 1 saturated carbocycles. The Hall–Kier alpha value is -0.890. The first kappa shape index (κ1) is 12.6. The van der Waals surface area contributed by atoms with Gasteiger partial charge in [0.2, 0.25) is 0 Å². The minimum Gasteiger partial charge on any atom is -0.389 e. The molecule has 92 valence electrons. The molecule has 0 aliphatic heterocycles. The van der Waals surface area contributed by atoms with Crippen molar-refractivity contribution in [3.05, 3.63) is 34.9 Å². The molecule has 1 nitrogen and oxygen atoms in total. The van der Waals surface area contributed by atoms with Gasteiger partial charge in [0.05, 0.1) is 0 Å². The van der Waals surface area contributed by atoms with Crippen molar-refractivity contribution in [1.82, 2.24) is 0 Å². The quantitative estimate of drug-likeness (QED) is 0.819. The van der Waals surface area contributed by atoms with Crippen LogP contribution in [0.25, 0.3) is 0 Å². The van der Waals surface area contributed by atoms with E-state index in [1.165, 1.54) is 43.2 Å². The second kappa shape index (κ2) is 5.63. The van der Waals surface area contributed by atoms with E-state index in [2.05, 4.69) is 25.1 Å². The Morgan fingerprint density at radius 2 is 2.00 bits per heavy atom. The van der Waals surface area contributed by atoms with Gasteiger partial charge in [-0.3, -0.25) is 0 Å². The lowest BCUT2D eigenvalue weighted by atomic mass is 9.81. The van der Waals surface area contributed by atoms with E-state index < -0.39 is 0 Å². The second-order valence-electron chi connectivity index (χ2n) is 4.93. The van der Waals surface area contributed by atoms with Crippen LogP contribution in [0.15, 0.2) is 18.2 Å². The highest BCUT2D eigenvalue weighted by molar-refractivity contribution is 7.80. The molecular formula is C15H21NS. The summed E-state index contributed by atoms with van der Waals surface area (Å²) in [7, 11) is 0. The van der Waals surface area contributed by atoms with Crippen molar-refractivity contribution >= 4 is 17.2 Å². The predicted octanol–water partition coefficient (Wildman–Crippen LogP) is 3.93. The van der Waals surface area contributed by atoms with Crippen LogP contribution >= 0.6 is 12.2 Å². The Labute approximate surface area is 109 Å². The monoisotopic (exact) mass is 247 g/mol. The standard InChI is InChI=1S/C15H21NS/c1-2-11-9-6-10-13(14(11)15(16)17)12-7-4-3-5-8-12/h6,9-10,12H,2-5,7-8H2,1H3,(H2,16,17). The van der Waals surface area contributed by atoms with Crippen molar-refractivity contribution in [1.29, 1.82) is 0 Å². The molecule has 17 heavy (non-hydrogen) atoms. The first-order valence-electron chi connectivity index (χ1n) is 6.65. The van der Waals surface area contributed by atoms with Gasteiger partial charge < -0.3 is 5.73 Å². The lowest BCUT2D eigenvalue weighted by Crippen LogP contribution is -2.18. The third-order valence-corrected chi connectivity index (χ3v) is 4.06. The van der Waals surface area contributed by atoms with E-state index in [9.17, 15) is 0 Å². The van der Waals surface area contributed by atoms with E-state index >= 15 is 0 Å². The van der Waals surface area contributed by atoms with E-state index in [0.29, 0.717) is 10.9 Å². The van der Waals surface area contributed by atoms with E-state index in [1.54, 1.807) is 0 Å². The number of benzene rings is 1. The lowest BCUT2D eigenvalue weighted by Gasteiger charge is -2.25. The summed E-state index contributed by atoms with van der Waals surface area (Å²) < 4.78 is 0. The zero-order valence-corrected chi connectivity index (χ0v) is 11.4. The number of rotatable bonds is 3. The summed E-state index contributed by atoms with van der Waals surface area (Å²) in [4.78, 5) is 0.572. The first-order valence-corrected chi connectivity index (χ1v) is 7.06. The molecule has 2 N–H and O–H groups in total. The van der Waals surface area contributed by atoms with Crippen molar-refractivity contribution in [3.8, 4) is 0 Å². The van der Waals surface area contributed by atoms with E-state index in [-0.39, 0.29) is 0 Å². The third kappa shape index (κ3) is 2.68. The van der Waals surface area contributed by atoms with Crippen LogP contribution < -0.4 is 5.73 Å². The van der Waals surface area contributed by atoms with E-state index in [1.807, 2.05) is 0 Å². The fourth-order valence-corrected chi connectivity index (χ4v) is 3.22. The van der Waals surface area contributed by atoms with Gasteiger partial charge in [0.1, 0.15) is 4.99 Å². The van der Waals surface area contributed by atoms with Crippen LogP contribution in [0.4, 0.5) is 0 Å². The minimum absolute atomic E-state index is 0.572. The molecule has 2 heteroatoms. The molecule has 0 radical (unpaired) electrons. The average molecular weight is 247 g/mol. The largest absolute Gasteiger partial charge is 0.389 e. The number of thiocarbonyl (C=S) groups is 1. The van der Waals surface area contributed by atoms with Crippen molar-refractivity contribution < 1.29 is 0 Å². The van der Waals surface area contributed by atoms with Crippen LogP contribution in [0.5, 0.6) is 0 Å². The van der Waals surface area contributed by atoms with Gasteiger partial charge in [-0.25, -0.2) is 0 Å². The molecule has 0 spiro atoms. The lowest BCUT2D eigenvalue weighted by molar-refractivity contribution is 0.443. The van der Waals surface area contributed by atoms with Crippen LogP contribution in [0.3, 0.4) is 0 Å². The Morgan fingerprint density at radius 3 is 2.59 bits per heavy atom. The van der Waals surface area contributed by atoms with E-state index in [0.717, 1.165) is 12.0 Å². The minimum atomic E-state index is 0.572. The highest BCUT2D eigenvalue weighted by Gasteiger charge is 2.20. The number of aryl methyl sites for hydroxylation is 1. The molecule has 1 aromatic carbocycles. The Bertz CT molecular complexity index is 405. The van der Waals surface area contributed by atoms with Crippen LogP contribution in [-0.4, -0.2) is 4.99 Å². The van der Waals surface area contributed by atoms with E-state index in [4.69, 9.17) is 18.0 Å². The highest BCUT2D eigenvalue weighted by atomic mass is 32.1. The van der Waals surface area contributed by atoms with Gasteiger partial charge in [0.25, 0.3) is 0 Å². The van der Waals surface area contributed by atoms with Crippen LogP contribution in [0.2, 0.25) is 0 Å². The molecule has 0 aromatic heterocycles. The maximum absolute atomic E-state index is 5.93. The SMILES string of the molecule is CCc1cccc(C2CCCCC2)c1C(N)=S. The summed E-state index contributed by atoms with van der Waals surface area (Å²) in [5.41, 5.74) is 9.80. The van der Waals surface area contributed by atoms with Gasteiger partial charge in [-0.15, -0.1) is 0 Å². The summed E-state index contributed by atoms with van der Waals surface area (Å²) >= 11 is 5.25. The van der Waals surface area contributed by atoms with Gasteiger partial charge in [-0.05, 0) is 36.3 Å². The Kier molecular flexibility index (Phi) is 4.16. The van der Waals surface area contributed by atoms with Crippen molar-refractivity contribution in [2.24, 2.45) is 5.73 Å². The molecule has 1 aliphatic rings. The number of nitrogens with two attached hydrogens (primary N) is 1. The maximum atomic E-state index is 5.93. The molecule has 0 bridgehead atoms. The third-order valence-electron chi connectivity index (χ3n) is 3.86. The Balaban J connectivity index is 2.40. The smallest absolute Gasteiger partial charge is 0.104 e. The average Bonchev–Trinajstić information content (AvgIpc) is 2.38. The molecule has 0 atom stereocenters. The molecule has 0 heterocycles. The fourth-order valence-electron chi connectivity index (χ4n) is 2.97. The zero-order valence-electron chi connectivity index (χ0n) is 10.5. The molecule has 1 aliphatic carbocycles. The molecular weight excluding hydrogens is 226 g/mol. The summed E-state index contributed by atoms with van der Waals surface area (Å²) in [6.07, 6.45) is 7.67. The van der Waals surface area contributed by atoms with Crippen LogP contribution in [0.1, 0.15) is 61.6 Å². The second-order valence-corrected chi connectivity index (χ2v) is 5.37. The molecule has 2 rings (SSSR count). The van der Waals surface area contributed by atoms with Gasteiger partial charge in [0, 0.05) is 5.56 Å². The van der Waals surface area contributed by atoms with Gasteiger partial charge >= 0.3 is 0 Å².